The van der Waals surface area contributed by atoms with Gasteiger partial charge >= 0.3 is 121 Å². The van der Waals surface area contributed by atoms with E-state index in [1.54, 1.807) is 0 Å². The Bertz CT molecular complexity index is 475. The SMILES string of the molecule is CC(=O)[O][Ti+]([O]C(C)=O)[C]1=C(C)C(C)=C(C)C1(C)C.[Cl-]. The van der Waals surface area contributed by atoms with Gasteiger partial charge in [-0.3, -0.25) is 0 Å². The predicted molar refractivity (Wildman–Crippen MR) is 68.4 cm³/mol. The largest absolute Gasteiger partial charge is 1.00 e. The first-order chi connectivity index (χ1) is 8.59. The van der Waals surface area contributed by atoms with E-state index in [4.69, 9.17) is 6.64 Å². The molecule has 0 atom stereocenters. The van der Waals surface area contributed by atoms with Crippen molar-refractivity contribution in [3.8, 4) is 0 Å². The maximum atomic E-state index is 11.3. The third-order valence-electron chi connectivity index (χ3n) is 3.74. The van der Waals surface area contributed by atoms with Crippen molar-refractivity contribution in [3.63, 3.8) is 0 Å². The summed E-state index contributed by atoms with van der Waals surface area (Å²) in [5.74, 6) is -0.788. The molecule has 0 heterocycles. The molecule has 0 spiro atoms. The van der Waals surface area contributed by atoms with E-state index >= 15 is 0 Å². The second kappa shape index (κ2) is 6.92. The summed E-state index contributed by atoms with van der Waals surface area (Å²) in [7, 11) is 0. The number of halogens is 1. The van der Waals surface area contributed by atoms with Crippen LogP contribution in [0, 0.1) is 5.41 Å². The molecule has 0 aromatic carbocycles. The first kappa shape index (κ1) is 19.4. The van der Waals surface area contributed by atoms with Gasteiger partial charge in [-0.2, -0.15) is 0 Å². The van der Waals surface area contributed by atoms with Gasteiger partial charge in [0.15, 0.2) is 0 Å². The minimum absolute atomic E-state index is 0. The second-order valence-electron chi connectivity index (χ2n) is 5.35. The van der Waals surface area contributed by atoms with E-state index < -0.39 is 30.6 Å². The van der Waals surface area contributed by atoms with Crippen LogP contribution in [-0.2, 0) is 34.9 Å². The average molecular weight is 337 g/mol. The summed E-state index contributed by atoms with van der Waals surface area (Å²) in [5, 5.41) is 0. The van der Waals surface area contributed by atoms with Crippen molar-refractivity contribution in [2.75, 3.05) is 0 Å². The Labute approximate surface area is 133 Å². The van der Waals surface area contributed by atoms with Crippen molar-refractivity contribution >= 4 is 11.9 Å². The van der Waals surface area contributed by atoms with Crippen LogP contribution in [0.3, 0.4) is 0 Å². The molecule has 0 radical (unpaired) electrons. The van der Waals surface area contributed by atoms with E-state index in [0.717, 1.165) is 9.45 Å². The smallest absolute Gasteiger partial charge is 1.00 e. The number of rotatable bonds is 3. The summed E-state index contributed by atoms with van der Waals surface area (Å²) in [5.41, 5.74) is 3.32. The molecule has 0 aromatic rings. The number of hydrogen-bond acceptors (Lipinski definition) is 4. The summed E-state index contributed by atoms with van der Waals surface area (Å²) >= 11 is -2.84. The molecular formula is C14H21ClO4Ti. The molecule has 4 nitrogen and oxygen atoms in total. The topological polar surface area (TPSA) is 52.6 Å². The Morgan fingerprint density at radius 2 is 1.35 bits per heavy atom. The molecule has 1 aliphatic carbocycles. The first-order valence-electron chi connectivity index (χ1n) is 6.22. The average Bonchev–Trinajstić information content (AvgIpc) is 2.37. The van der Waals surface area contributed by atoms with Crippen LogP contribution in [0.4, 0.5) is 0 Å². The van der Waals surface area contributed by atoms with E-state index in [2.05, 4.69) is 27.7 Å². The van der Waals surface area contributed by atoms with Crippen LogP contribution in [0.2, 0.25) is 0 Å². The van der Waals surface area contributed by atoms with Gasteiger partial charge in [-0.1, -0.05) is 0 Å². The van der Waals surface area contributed by atoms with Gasteiger partial charge in [0.05, 0.1) is 0 Å². The standard InChI is InChI=1S/C10H15.2C2H4O2.ClH.Ti/c1-7-6-10(4,5)9(3)8(7)2;2*1-2(3)4;;/h1-5H3;2*1H3,(H,3,4);1H;/q;;;;+3/p-3. The molecule has 0 saturated heterocycles. The zero-order valence-corrected chi connectivity index (χ0v) is 15.3. The maximum absolute atomic E-state index is 11.3. The maximum Gasteiger partial charge on any atom is -1.00 e. The Hall–Kier alpha value is -0.576. The van der Waals surface area contributed by atoms with Gasteiger partial charge < -0.3 is 12.4 Å². The molecule has 1 rings (SSSR count). The van der Waals surface area contributed by atoms with E-state index in [9.17, 15) is 9.59 Å². The van der Waals surface area contributed by atoms with Crippen molar-refractivity contribution in [2.24, 2.45) is 5.41 Å². The van der Waals surface area contributed by atoms with Crippen molar-refractivity contribution in [1.82, 2.24) is 0 Å². The van der Waals surface area contributed by atoms with E-state index in [0.29, 0.717) is 0 Å². The zero-order chi connectivity index (χ0) is 15.0. The van der Waals surface area contributed by atoms with Gasteiger partial charge in [-0.25, -0.2) is 0 Å². The van der Waals surface area contributed by atoms with Gasteiger partial charge in [0.1, 0.15) is 0 Å². The fourth-order valence-electron chi connectivity index (χ4n) is 2.39. The molecular weight excluding hydrogens is 315 g/mol. The minimum atomic E-state index is -2.84. The number of carbonyl (C=O) groups excluding carboxylic acids is 2. The second-order valence-corrected chi connectivity index (χ2v) is 7.67. The first-order valence-corrected chi connectivity index (χ1v) is 8.28. The summed E-state index contributed by atoms with van der Waals surface area (Å²) in [4.78, 5) is 22.5. The molecule has 6 heteroatoms. The van der Waals surface area contributed by atoms with E-state index in [1.165, 1.54) is 25.0 Å². The fraction of sp³-hybridized carbons (Fsp3) is 0.571. The summed E-state index contributed by atoms with van der Waals surface area (Å²) in [6, 6.07) is 0. The molecule has 1 aliphatic rings. The summed E-state index contributed by atoms with van der Waals surface area (Å²) < 4.78 is 11.7. The molecule has 0 aliphatic heterocycles. The minimum Gasteiger partial charge on any atom is -1.00 e. The van der Waals surface area contributed by atoms with E-state index in [1.807, 2.05) is 6.92 Å². The molecule has 112 valence electrons. The predicted octanol–water partition coefficient (Wildman–Crippen LogP) is 0.215. The Kier molecular flexibility index (Phi) is 6.72. The van der Waals surface area contributed by atoms with Gasteiger partial charge in [-0.15, -0.1) is 0 Å². The third kappa shape index (κ3) is 3.75. The Balaban J connectivity index is 0.00000361. The van der Waals surface area contributed by atoms with Crippen LogP contribution < -0.4 is 12.4 Å². The molecule has 0 aromatic heterocycles. The van der Waals surface area contributed by atoms with Crippen molar-refractivity contribution < 1.29 is 47.3 Å². The van der Waals surface area contributed by atoms with Crippen LogP contribution in [0.25, 0.3) is 0 Å². The van der Waals surface area contributed by atoms with Gasteiger partial charge in [0, 0.05) is 0 Å². The summed E-state index contributed by atoms with van der Waals surface area (Å²) in [6.07, 6.45) is 0. The molecule has 0 fully saturated rings. The van der Waals surface area contributed by atoms with Gasteiger partial charge in [-0.05, 0) is 0 Å². The normalized spacial score (nSPS) is 16.8. The fourth-order valence-corrected chi connectivity index (χ4v) is 5.45. The van der Waals surface area contributed by atoms with Crippen LogP contribution >= 0.6 is 0 Å². The van der Waals surface area contributed by atoms with Crippen LogP contribution in [0.5, 0.6) is 0 Å². The van der Waals surface area contributed by atoms with Crippen molar-refractivity contribution in [1.29, 1.82) is 0 Å². The molecule has 0 unspecified atom stereocenters. The molecule has 20 heavy (non-hydrogen) atoms. The van der Waals surface area contributed by atoms with Crippen molar-refractivity contribution in [2.45, 2.75) is 48.5 Å². The van der Waals surface area contributed by atoms with Crippen molar-refractivity contribution in [3.05, 3.63) is 20.6 Å². The van der Waals surface area contributed by atoms with Gasteiger partial charge in [0.2, 0.25) is 0 Å². The quantitative estimate of drug-likeness (QED) is 0.692. The van der Waals surface area contributed by atoms with Crippen LogP contribution in [-0.4, -0.2) is 11.9 Å². The number of allylic oxidation sites excluding steroid dienone is 4. The number of carbonyl (C=O) groups is 2. The monoisotopic (exact) mass is 336 g/mol. The Morgan fingerprint density at radius 1 is 0.950 bits per heavy atom. The molecule has 0 saturated carbocycles. The molecule has 0 bridgehead atoms. The van der Waals surface area contributed by atoms with E-state index in [-0.39, 0.29) is 17.8 Å². The molecule has 0 N–H and O–H groups in total. The number of hydrogen-bond donors (Lipinski definition) is 0. The van der Waals surface area contributed by atoms with Crippen LogP contribution in [0.15, 0.2) is 20.6 Å². The zero-order valence-electron chi connectivity index (χ0n) is 13.0. The van der Waals surface area contributed by atoms with Gasteiger partial charge in [0.25, 0.3) is 0 Å². The van der Waals surface area contributed by atoms with Crippen LogP contribution in [0.1, 0.15) is 48.5 Å². The Morgan fingerprint density at radius 3 is 1.60 bits per heavy atom. The third-order valence-corrected chi connectivity index (χ3v) is 7.42. The molecule has 0 amide bonds. The summed E-state index contributed by atoms with van der Waals surface area (Å²) in [6.45, 7) is 13.0.